The minimum Gasteiger partial charge on any atom is -0.447 e. The van der Waals surface area contributed by atoms with E-state index >= 15 is 0 Å². The Kier molecular flexibility index (Phi) is 4.45. The summed E-state index contributed by atoms with van der Waals surface area (Å²) < 4.78 is 42.8. The fourth-order valence-corrected chi connectivity index (χ4v) is 1.39. The summed E-state index contributed by atoms with van der Waals surface area (Å²) in [5.41, 5.74) is -1.41. The molecule has 0 radical (unpaired) electrons. The molecule has 100 valence electrons. The first-order valence-electron chi connectivity index (χ1n) is 5.04. The lowest BCUT2D eigenvalue weighted by Gasteiger charge is -2.15. The molecule has 0 unspecified atom stereocenters. The van der Waals surface area contributed by atoms with Gasteiger partial charge >= 0.3 is 12.3 Å². The average Bonchev–Trinajstić information content (AvgIpc) is 2.17. The van der Waals surface area contributed by atoms with Gasteiger partial charge in [0.15, 0.2) is 0 Å². The van der Waals surface area contributed by atoms with Crippen molar-refractivity contribution in [1.29, 1.82) is 0 Å². The number of carbonyl (C=O) groups excluding carboxylic acids is 1. The van der Waals surface area contributed by atoms with Crippen LogP contribution in [0, 0.1) is 0 Å². The molecule has 0 aliphatic heterocycles. The van der Waals surface area contributed by atoms with E-state index in [2.05, 4.69) is 0 Å². The summed E-state index contributed by atoms with van der Waals surface area (Å²) in [5, 5.41) is 1.97. The van der Waals surface area contributed by atoms with Crippen LogP contribution in [0.2, 0.25) is 5.02 Å². The summed E-state index contributed by atoms with van der Waals surface area (Å²) in [6.45, 7) is 3.18. The number of hydrogen-bond donors (Lipinski definition) is 1. The molecule has 0 atom stereocenters. The second-order valence-corrected chi connectivity index (χ2v) is 4.20. The summed E-state index contributed by atoms with van der Waals surface area (Å²) >= 11 is 5.50. The first-order chi connectivity index (χ1) is 8.20. The molecule has 0 aromatic heterocycles. The molecule has 7 heteroatoms. The fourth-order valence-electron chi connectivity index (χ4n) is 1.21. The number of ether oxygens (including phenoxy) is 1. The predicted octanol–water partition coefficient (Wildman–Crippen LogP) is 4.32. The number of amides is 1. The standard InChI is InChI=1S/C11H11ClF3NO2/c1-6(2)18-10(17)16-9-4-3-7(12)5-8(9)11(13,14)15/h3-6H,1-2H3,(H,16,17). The number of halogens is 4. The maximum absolute atomic E-state index is 12.7. The number of carbonyl (C=O) groups is 1. The third-order valence-corrected chi connectivity index (χ3v) is 2.10. The van der Waals surface area contributed by atoms with Crippen molar-refractivity contribution in [3.05, 3.63) is 28.8 Å². The Morgan fingerprint density at radius 1 is 1.39 bits per heavy atom. The average molecular weight is 282 g/mol. The lowest BCUT2D eigenvalue weighted by molar-refractivity contribution is -0.136. The van der Waals surface area contributed by atoms with E-state index in [1.165, 1.54) is 6.07 Å². The van der Waals surface area contributed by atoms with Crippen LogP contribution in [0.4, 0.5) is 23.7 Å². The van der Waals surface area contributed by atoms with Gasteiger partial charge in [-0.3, -0.25) is 5.32 Å². The summed E-state index contributed by atoms with van der Waals surface area (Å²) in [7, 11) is 0. The van der Waals surface area contributed by atoms with E-state index in [1.54, 1.807) is 13.8 Å². The maximum Gasteiger partial charge on any atom is 0.418 e. The zero-order valence-electron chi connectivity index (χ0n) is 9.64. The highest BCUT2D eigenvalue weighted by Gasteiger charge is 2.34. The molecule has 1 N–H and O–H groups in total. The molecule has 0 saturated carbocycles. The number of nitrogens with one attached hydrogen (secondary N) is 1. The third kappa shape index (κ3) is 4.10. The van der Waals surface area contributed by atoms with Gasteiger partial charge in [-0.1, -0.05) is 11.6 Å². The molecule has 0 aliphatic rings. The summed E-state index contributed by atoms with van der Waals surface area (Å²) in [6, 6.07) is 3.07. The molecule has 3 nitrogen and oxygen atoms in total. The van der Waals surface area contributed by atoms with E-state index in [0.717, 1.165) is 12.1 Å². The van der Waals surface area contributed by atoms with Crippen molar-refractivity contribution in [2.45, 2.75) is 26.1 Å². The van der Waals surface area contributed by atoms with Crippen LogP contribution in [0.25, 0.3) is 0 Å². The van der Waals surface area contributed by atoms with E-state index in [1.807, 2.05) is 5.32 Å². The molecule has 0 spiro atoms. The van der Waals surface area contributed by atoms with Crippen molar-refractivity contribution in [1.82, 2.24) is 0 Å². The van der Waals surface area contributed by atoms with Crippen molar-refractivity contribution >= 4 is 23.4 Å². The molecule has 0 aliphatic carbocycles. The number of alkyl halides is 3. The topological polar surface area (TPSA) is 38.3 Å². The van der Waals surface area contributed by atoms with Crippen LogP contribution in [0.5, 0.6) is 0 Å². The monoisotopic (exact) mass is 281 g/mol. The summed E-state index contributed by atoms with van der Waals surface area (Å²) in [6.07, 6.45) is -5.98. The van der Waals surface area contributed by atoms with Crippen LogP contribution >= 0.6 is 11.6 Å². The predicted molar refractivity (Wildman–Crippen MR) is 61.7 cm³/mol. The smallest absolute Gasteiger partial charge is 0.418 e. The first kappa shape index (κ1) is 14.6. The van der Waals surface area contributed by atoms with E-state index in [9.17, 15) is 18.0 Å². The van der Waals surface area contributed by atoms with Gasteiger partial charge in [0.25, 0.3) is 0 Å². The highest BCUT2D eigenvalue weighted by atomic mass is 35.5. The van der Waals surface area contributed by atoms with Crippen LogP contribution in [0.15, 0.2) is 18.2 Å². The minimum atomic E-state index is -4.61. The van der Waals surface area contributed by atoms with Gasteiger partial charge in [-0.05, 0) is 32.0 Å². The van der Waals surface area contributed by atoms with Gasteiger partial charge in [-0.2, -0.15) is 13.2 Å². The van der Waals surface area contributed by atoms with Gasteiger partial charge in [0, 0.05) is 5.02 Å². The Labute approximate surface area is 107 Å². The quantitative estimate of drug-likeness (QED) is 0.877. The third-order valence-electron chi connectivity index (χ3n) is 1.87. The molecule has 1 aromatic carbocycles. The number of benzene rings is 1. The van der Waals surface area contributed by atoms with Crippen molar-refractivity contribution in [2.75, 3.05) is 5.32 Å². The van der Waals surface area contributed by atoms with Gasteiger partial charge in [0.1, 0.15) is 0 Å². The Morgan fingerprint density at radius 3 is 2.50 bits per heavy atom. The fraction of sp³-hybridized carbons (Fsp3) is 0.364. The minimum absolute atomic E-state index is 0.0647. The van der Waals surface area contributed by atoms with E-state index in [-0.39, 0.29) is 5.02 Å². The molecule has 0 bridgehead atoms. The van der Waals surface area contributed by atoms with Crippen LogP contribution < -0.4 is 5.32 Å². The van der Waals surface area contributed by atoms with Crippen LogP contribution in [-0.2, 0) is 10.9 Å². The largest absolute Gasteiger partial charge is 0.447 e. The molecule has 0 heterocycles. The van der Waals surface area contributed by atoms with E-state index in [0.29, 0.717) is 0 Å². The Balaban J connectivity index is 2.99. The number of rotatable bonds is 2. The first-order valence-corrected chi connectivity index (χ1v) is 5.42. The van der Waals surface area contributed by atoms with Gasteiger partial charge in [-0.25, -0.2) is 4.79 Å². The molecule has 0 fully saturated rings. The van der Waals surface area contributed by atoms with Crippen LogP contribution in [0.3, 0.4) is 0 Å². The maximum atomic E-state index is 12.7. The van der Waals surface area contributed by atoms with Crippen LogP contribution in [0.1, 0.15) is 19.4 Å². The van der Waals surface area contributed by atoms with Gasteiger partial charge in [0.05, 0.1) is 17.4 Å². The molecule has 1 aromatic rings. The Bertz CT molecular complexity index is 446. The van der Waals surface area contributed by atoms with E-state index < -0.39 is 29.6 Å². The second kappa shape index (κ2) is 5.48. The molecular formula is C11H11ClF3NO2. The van der Waals surface area contributed by atoms with Gasteiger partial charge in [-0.15, -0.1) is 0 Å². The van der Waals surface area contributed by atoms with E-state index in [4.69, 9.17) is 16.3 Å². The zero-order valence-corrected chi connectivity index (χ0v) is 10.4. The van der Waals surface area contributed by atoms with Gasteiger partial charge in [0.2, 0.25) is 0 Å². The van der Waals surface area contributed by atoms with Crippen LogP contribution in [-0.4, -0.2) is 12.2 Å². The highest BCUT2D eigenvalue weighted by Crippen LogP contribution is 2.36. The molecule has 1 rings (SSSR count). The Hall–Kier alpha value is -1.43. The lowest BCUT2D eigenvalue weighted by atomic mass is 10.1. The molecule has 1 amide bonds. The lowest BCUT2D eigenvalue weighted by Crippen LogP contribution is -2.20. The normalized spacial score (nSPS) is 11.5. The Morgan fingerprint density at radius 2 is 2.00 bits per heavy atom. The van der Waals surface area contributed by atoms with Gasteiger partial charge < -0.3 is 4.74 Å². The highest BCUT2D eigenvalue weighted by molar-refractivity contribution is 6.30. The zero-order chi connectivity index (χ0) is 13.9. The second-order valence-electron chi connectivity index (χ2n) is 3.77. The summed E-state index contributed by atoms with van der Waals surface area (Å²) in [5.74, 6) is 0. The van der Waals surface area contributed by atoms with Crippen molar-refractivity contribution in [3.63, 3.8) is 0 Å². The van der Waals surface area contributed by atoms with Crippen molar-refractivity contribution in [3.8, 4) is 0 Å². The van der Waals surface area contributed by atoms with Crippen molar-refractivity contribution < 1.29 is 22.7 Å². The molecule has 18 heavy (non-hydrogen) atoms. The number of hydrogen-bond acceptors (Lipinski definition) is 2. The summed E-state index contributed by atoms with van der Waals surface area (Å²) in [4.78, 5) is 11.3. The number of anilines is 1. The SMILES string of the molecule is CC(C)OC(=O)Nc1ccc(Cl)cc1C(F)(F)F. The molecular weight excluding hydrogens is 271 g/mol. The van der Waals surface area contributed by atoms with Crippen molar-refractivity contribution in [2.24, 2.45) is 0 Å². The molecule has 0 saturated heterocycles.